The summed E-state index contributed by atoms with van der Waals surface area (Å²) >= 11 is 6.14. The molecule has 0 atom stereocenters. The maximum atomic E-state index is 6.14. The molecular weight excluding hydrogens is 318 g/mol. The molecule has 122 valence electrons. The number of hydrogen-bond acceptors (Lipinski definition) is 2. The van der Waals surface area contributed by atoms with E-state index >= 15 is 0 Å². The second kappa shape index (κ2) is 7.89. The molecule has 0 bridgehead atoms. The fourth-order valence-corrected chi connectivity index (χ4v) is 2.63. The minimum atomic E-state index is 0.473. The molecule has 0 amide bonds. The average Bonchev–Trinajstić information content (AvgIpc) is 2.60. The highest BCUT2D eigenvalue weighted by molar-refractivity contribution is 6.31. The molecule has 0 aliphatic carbocycles. The van der Waals surface area contributed by atoms with Crippen molar-refractivity contribution in [2.75, 3.05) is 5.32 Å². The molecule has 24 heavy (non-hydrogen) atoms. The normalized spacial score (nSPS) is 10.4. The molecule has 3 aromatic rings. The maximum absolute atomic E-state index is 6.14. The van der Waals surface area contributed by atoms with Crippen molar-refractivity contribution in [1.29, 1.82) is 0 Å². The third-order valence-corrected chi connectivity index (χ3v) is 4.16. The first-order valence-electron chi connectivity index (χ1n) is 7.96. The summed E-state index contributed by atoms with van der Waals surface area (Å²) in [6.45, 7) is 3.35. The predicted octanol–water partition coefficient (Wildman–Crippen LogP) is 5.84. The first-order chi connectivity index (χ1) is 11.7. The van der Waals surface area contributed by atoms with Crippen LogP contribution in [-0.2, 0) is 13.2 Å². The van der Waals surface area contributed by atoms with Crippen molar-refractivity contribution in [3.05, 3.63) is 94.5 Å². The molecule has 0 unspecified atom stereocenters. The van der Waals surface area contributed by atoms with Crippen LogP contribution < -0.4 is 10.1 Å². The Morgan fingerprint density at radius 3 is 2.46 bits per heavy atom. The lowest BCUT2D eigenvalue weighted by Crippen LogP contribution is -2.00. The van der Waals surface area contributed by atoms with E-state index in [9.17, 15) is 0 Å². The number of ether oxygens (including phenoxy) is 1. The van der Waals surface area contributed by atoms with Gasteiger partial charge in [-0.05, 0) is 48.4 Å². The second-order valence-electron chi connectivity index (χ2n) is 5.75. The van der Waals surface area contributed by atoms with Crippen LogP contribution in [0.15, 0.2) is 72.8 Å². The number of hydrogen-bond donors (Lipinski definition) is 1. The lowest BCUT2D eigenvalue weighted by molar-refractivity contribution is 0.306. The van der Waals surface area contributed by atoms with Crippen molar-refractivity contribution < 1.29 is 4.74 Å². The van der Waals surface area contributed by atoms with Gasteiger partial charge in [-0.25, -0.2) is 0 Å². The number of rotatable bonds is 6. The topological polar surface area (TPSA) is 21.3 Å². The Hall–Kier alpha value is -2.45. The average molecular weight is 338 g/mol. The fraction of sp³-hybridized carbons (Fsp3) is 0.143. The molecule has 0 spiro atoms. The number of benzene rings is 3. The third-order valence-electron chi connectivity index (χ3n) is 3.79. The van der Waals surface area contributed by atoms with Gasteiger partial charge in [0.1, 0.15) is 12.4 Å². The number of aryl methyl sites for hydroxylation is 1. The SMILES string of the molecule is Cc1cccc(NCc2ccc(OCc3ccccc3Cl)cc2)c1. The second-order valence-corrected chi connectivity index (χ2v) is 6.15. The zero-order valence-corrected chi connectivity index (χ0v) is 14.4. The summed E-state index contributed by atoms with van der Waals surface area (Å²) in [6, 6.07) is 24.2. The van der Waals surface area contributed by atoms with Gasteiger partial charge in [0.2, 0.25) is 0 Å². The molecule has 0 fully saturated rings. The van der Waals surface area contributed by atoms with Crippen LogP contribution in [0.5, 0.6) is 5.75 Å². The van der Waals surface area contributed by atoms with Gasteiger partial charge in [0.05, 0.1) is 0 Å². The molecule has 3 aromatic carbocycles. The van der Waals surface area contributed by atoms with E-state index in [1.54, 1.807) is 0 Å². The minimum Gasteiger partial charge on any atom is -0.489 e. The molecule has 1 N–H and O–H groups in total. The van der Waals surface area contributed by atoms with Gasteiger partial charge in [0.25, 0.3) is 0 Å². The van der Waals surface area contributed by atoms with E-state index in [1.165, 1.54) is 11.1 Å². The van der Waals surface area contributed by atoms with Crippen molar-refractivity contribution in [1.82, 2.24) is 0 Å². The van der Waals surface area contributed by atoms with Gasteiger partial charge in [-0.15, -0.1) is 0 Å². The maximum Gasteiger partial charge on any atom is 0.119 e. The molecule has 3 heteroatoms. The van der Waals surface area contributed by atoms with Crippen LogP contribution >= 0.6 is 11.6 Å². The summed E-state index contributed by atoms with van der Waals surface area (Å²) < 4.78 is 5.80. The van der Waals surface area contributed by atoms with Crippen LogP contribution in [0.25, 0.3) is 0 Å². The summed E-state index contributed by atoms with van der Waals surface area (Å²) in [5.41, 5.74) is 4.59. The van der Waals surface area contributed by atoms with Crippen molar-refractivity contribution in [2.24, 2.45) is 0 Å². The smallest absolute Gasteiger partial charge is 0.119 e. The van der Waals surface area contributed by atoms with Gasteiger partial charge >= 0.3 is 0 Å². The van der Waals surface area contributed by atoms with Gasteiger partial charge in [-0.2, -0.15) is 0 Å². The highest BCUT2D eigenvalue weighted by atomic mass is 35.5. The lowest BCUT2D eigenvalue weighted by atomic mass is 10.2. The van der Waals surface area contributed by atoms with Crippen molar-refractivity contribution in [3.63, 3.8) is 0 Å². The van der Waals surface area contributed by atoms with Gasteiger partial charge < -0.3 is 10.1 Å². The minimum absolute atomic E-state index is 0.473. The molecule has 2 nitrogen and oxygen atoms in total. The molecule has 0 saturated carbocycles. The zero-order valence-electron chi connectivity index (χ0n) is 13.6. The Kier molecular flexibility index (Phi) is 5.39. The molecule has 0 radical (unpaired) electrons. The standard InChI is InChI=1S/C21H20ClNO/c1-16-5-4-7-19(13-16)23-14-17-9-11-20(12-10-17)24-15-18-6-2-3-8-21(18)22/h2-13,23H,14-15H2,1H3. The highest BCUT2D eigenvalue weighted by Gasteiger charge is 2.01. The largest absolute Gasteiger partial charge is 0.489 e. The molecule has 0 heterocycles. The van der Waals surface area contributed by atoms with Crippen LogP contribution in [0, 0.1) is 6.92 Å². The van der Waals surface area contributed by atoms with E-state index < -0.39 is 0 Å². The van der Waals surface area contributed by atoms with Crippen LogP contribution in [0.2, 0.25) is 5.02 Å². The first kappa shape index (κ1) is 16.4. The Labute approximate surface area is 148 Å². The van der Waals surface area contributed by atoms with Gasteiger partial charge in [-0.3, -0.25) is 0 Å². The van der Waals surface area contributed by atoms with Gasteiger partial charge in [-0.1, -0.05) is 54.1 Å². The van der Waals surface area contributed by atoms with E-state index in [-0.39, 0.29) is 0 Å². The predicted molar refractivity (Wildman–Crippen MR) is 101 cm³/mol. The van der Waals surface area contributed by atoms with E-state index in [0.717, 1.165) is 28.6 Å². The molecule has 0 aliphatic heterocycles. The van der Waals surface area contributed by atoms with Crippen molar-refractivity contribution >= 4 is 17.3 Å². The molecule has 0 saturated heterocycles. The van der Waals surface area contributed by atoms with E-state index in [2.05, 4.69) is 48.6 Å². The van der Waals surface area contributed by atoms with E-state index in [1.807, 2.05) is 36.4 Å². The van der Waals surface area contributed by atoms with Gasteiger partial charge in [0, 0.05) is 22.8 Å². The van der Waals surface area contributed by atoms with Gasteiger partial charge in [0.15, 0.2) is 0 Å². The third kappa shape index (κ3) is 4.53. The quantitative estimate of drug-likeness (QED) is 0.610. The molecule has 0 aromatic heterocycles. The Morgan fingerprint density at radius 2 is 1.71 bits per heavy atom. The monoisotopic (exact) mass is 337 g/mol. The highest BCUT2D eigenvalue weighted by Crippen LogP contribution is 2.19. The number of halogens is 1. The van der Waals surface area contributed by atoms with E-state index in [0.29, 0.717) is 6.61 Å². The van der Waals surface area contributed by atoms with Crippen molar-refractivity contribution in [3.8, 4) is 5.75 Å². The van der Waals surface area contributed by atoms with Crippen LogP contribution in [-0.4, -0.2) is 0 Å². The molecular formula is C21H20ClNO. The summed E-state index contributed by atoms with van der Waals surface area (Å²) in [4.78, 5) is 0. The fourth-order valence-electron chi connectivity index (χ4n) is 2.44. The Balaban J connectivity index is 1.54. The number of anilines is 1. The summed E-state index contributed by atoms with van der Waals surface area (Å²) in [6.07, 6.45) is 0. The Morgan fingerprint density at radius 1 is 0.917 bits per heavy atom. The number of nitrogens with one attached hydrogen (secondary N) is 1. The molecule has 3 rings (SSSR count). The Bertz CT molecular complexity index is 799. The van der Waals surface area contributed by atoms with E-state index in [4.69, 9.17) is 16.3 Å². The molecule has 0 aliphatic rings. The summed E-state index contributed by atoms with van der Waals surface area (Å²) in [7, 11) is 0. The van der Waals surface area contributed by atoms with Crippen LogP contribution in [0.1, 0.15) is 16.7 Å². The van der Waals surface area contributed by atoms with Crippen LogP contribution in [0.4, 0.5) is 5.69 Å². The zero-order chi connectivity index (χ0) is 16.8. The van der Waals surface area contributed by atoms with Crippen LogP contribution in [0.3, 0.4) is 0 Å². The first-order valence-corrected chi connectivity index (χ1v) is 8.34. The summed E-state index contributed by atoms with van der Waals surface area (Å²) in [5, 5.41) is 4.16. The van der Waals surface area contributed by atoms with Crippen molar-refractivity contribution in [2.45, 2.75) is 20.1 Å². The lowest BCUT2D eigenvalue weighted by Gasteiger charge is -2.10. The summed E-state index contributed by atoms with van der Waals surface area (Å²) in [5.74, 6) is 0.842.